The Balaban J connectivity index is 1.93. The van der Waals surface area contributed by atoms with Crippen LogP contribution in [0, 0.1) is 0 Å². The van der Waals surface area contributed by atoms with Gasteiger partial charge in [0.15, 0.2) is 0 Å². The Hall–Kier alpha value is -2.68. The average molecular weight is 259 g/mol. The number of rotatable bonds is 1. The maximum absolute atomic E-state index is 4.49. The second-order valence-electron chi connectivity index (χ2n) is 4.80. The Kier molecular flexibility index (Phi) is 2.49. The monoisotopic (exact) mass is 259 g/mol. The maximum atomic E-state index is 4.49. The number of aromatic nitrogens is 2. The van der Waals surface area contributed by atoms with Crippen molar-refractivity contribution in [2.75, 3.05) is 6.54 Å². The van der Waals surface area contributed by atoms with E-state index >= 15 is 0 Å². The van der Waals surface area contributed by atoms with Gasteiger partial charge in [-0.1, -0.05) is 18.2 Å². The van der Waals surface area contributed by atoms with Crippen molar-refractivity contribution in [2.45, 2.75) is 0 Å². The lowest BCUT2D eigenvalue weighted by Crippen LogP contribution is -2.07. The number of hydrogen-bond acceptors (Lipinski definition) is 3. The fraction of sp³-hybridized carbons (Fsp3) is 0.0588. The van der Waals surface area contributed by atoms with Crippen LogP contribution in [0.25, 0.3) is 17.0 Å². The molecule has 1 aliphatic heterocycles. The highest BCUT2D eigenvalue weighted by atomic mass is 14.8. The van der Waals surface area contributed by atoms with Gasteiger partial charge in [0.25, 0.3) is 0 Å². The van der Waals surface area contributed by atoms with Crippen LogP contribution in [-0.2, 0) is 0 Å². The van der Waals surface area contributed by atoms with E-state index in [0.717, 1.165) is 29.1 Å². The van der Waals surface area contributed by atoms with Crippen LogP contribution < -0.4 is 5.32 Å². The van der Waals surface area contributed by atoms with Crippen LogP contribution in [0.5, 0.6) is 0 Å². The molecule has 4 rings (SSSR count). The summed E-state index contributed by atoms with van der Waals surface area (Å²) in [5, 5.41) is 3.17. The second-order valence-corrected chi connectivity index (χ2v) is 4.80. The highest BCUT2D eigenvalue weighted by Gasteiger charge is 2.25. The van der Waals surface area contributed by atoms with Gasteiger partial charge in [-0.25, -0.2) is 0 Å². The molecule has 20 heavy (non-hydrogen) atoms. The van der Waals surface area contributed by atoms with Gasteiger partial charge in [0, 0.05) is 30.1 Å². The van der Waals surface area contributed by atoms with Crippen LogP contribution in [0.15, 0.2) is 66.7 Å². The summed E-state index contributed by atoms with van der Waals surface area (Å²) in [4.78, 5) is 8.98. The van der Waals surface area contributed by atoms with Crippen molar-refractivity contribution in [1.82, 2.24) is 15.3 Å². The molecule has 3 nitrogen and oxygen atoms in total. The standard InChI is InChI=1S/C17H13N3/c1-3-13-15(11-12-5-9-18-10-6-12)14-4-2-8-20-17(14)16(13)19-7-1/h1-9,11,18H,10H2. The lowest BCUT2D eigenvalue weighted by Gasteiger charge is -2.07. The Morgan fingerprint density at radius 1 is 1.00 bits per heavy atom. The number of hydrogen-bond donors (Lipinski definition) is 1. The minimum absolute atomic E-state index is 0.870. The van der Waals surface area contributed by atoms with Crippen LogP contribution in [-0.4, -0.2) is 16.5 Å². The SMILES string of the molecule is C1=CC(C=C2c3cccnc3-c3ncccc32)=CCN1. The molecular formula is C17H13N3. The predicted octanol–water partition coefficient (Wildman–Crippen LogP) is 2.93. The third-order valence-electron chi connectivity index (χ3n) is 3.58. The van der Waals surface area contributed by atoms with Crippen molar-refractivity contribution in [3.8, 4) is 11.4 Å². The summed E-state index contributed by atoms with van der Waals surface area (Å²) in [6.07, 6.45) is 12.1. The first kappa shape index (κ1) is 11.2. The van der Waals surface area contributed by atoms with Crippen LogP contribution in [0.4, 0.5) is 0 Å². The van der Waals surface area contributed by atoms with E-state index in [-0.39, 0.29) is 0 Å². The van der Waals surface area contributed by atoms with E-state index in [1.54, 1.807) is 0 Å². The van der Waals surface area contributed by atoms with Gasteiger partial charge in [0.05, 0.1) is 11.4 Å². The van der Waals surface area contributed by atoms with E-state index in [0.29, 0.717) is 0 Å². The van der Waals surface area contributed by atoms with E-state index in [4.69, 9.17) is 0 Å². The van der Waals surface area contributed by atoms with Gasteiger partial charge in [0.1, 0.15) is 0 Å². The highest BCUT2D eigenvalue weighted by Crippen LogP contribution is 2.41. The molecule has 2 aliphatic rings. The van der Waals surface area contributed by atoms with Crippen LogP contribution in [0.1, 0.15) is 11.1 Å². The average Bonchev–Trinajstić information content (AvgIpc) is 2.84. The molecule has 0 saturated carbocycles. The molecule has 0 amide bonds. The Morgan fingerprint density at radius 2 is 1.70 bits per heavy atom. The van der Waals surface area contributed by atoms with E-state index in [1.165, 1.54) is 11.1 Å². The van der Waals surface area contributed by atoms with Crippen molar-refractivity contribution in [2.24, 2.45) is 0 Å². The lowest BCUT2D eigenvalue weighted by molar-refractivity contribution is 0.964. The fourth-order valence-corrected chi connectivity index (χ4v) is 2.66. The highest BCUT2D eigenvalue weighted by molar-refractivity contribution is 5.99. The largest absolute Gasteiger partial charge is 0.387 e. The van der Waals surface area contributed by atoms with Crippen LogP contribution >= 0.6 is 0 Å². The zero-order chi connectivity index (χ0) is 13.4. The minimum Gasteiger partial charge on any atom is -0.387 e. The molecule has 96 valence electrons. The van der Waals surface area contributed by atoms with Crippen molar-refractivity contribution in [3.05, 3.63) is 77.8 Å². The third-order valence-corrected chi connectivity index (χ3v) is 3.58. The zero-order valence-electron chi connectivity index (χ0n) is 10.9. The topological polar surface area (TPSA) is 37.8 Å². The summed E-state index contributed by atoms with van der Waals surface area (Å²) in [6, 6.07) is 8.18. The molecule has 0 bridgehead atoms. The van der Waals surface area contributed by atoms with Gasteiger partial charge in [-0.05, 0) is 41.6 Å². The quantitative estimate of drug-likeness (QED) is 0.730. The first-order chi connectivity index (χ1) is 9.93. The molecule has 3 heterocycles. The van der Waals surface area contributed by atoms with Gasteiger partial charge in [-0.2, -0.15) is 0 Å². The number of pyridine rings is 2. The van der Waals surface area contributed by atoms with Crippen LogP contribution in [0.2, 0.25) is 0 Å². The Bertz CT molecular complexity index is 722. The number of allylic oxidation sites excluding steroid dienone is 3. The molecule has 2 aromatic rings. The molecule has 1 N–H and O–H groups in total. The number of dihydropyridines is 1. The Labute approximate surface area is 117 Å². The van der Waals surface area contributed by atoms with Gasteiger partial charge >= 0.3 is 0 Å². The van der Waals surface area contributed by atoms with Gasteiger partial charge < -0.3 is 5.32 Å². The van der Waals surface area contributed by atoms with Crippen LogP contribution in [0.3, 0.4) is 0 Å². The summed E-state index contributed by atoms with van der Waals surface area (Å²) in [7, 11) is 0. The number of nitrogens with one attached hydrogen (secondary N) is 1. The normalized spacial score (nSPS) is 15.2. The first-order valence-corrected chi connectivity index (χ1v) is 6.66. The molecule has 2 aromatic heterocycles. The molecule has 0 unspecified atom stereocenters. The van der Waals surface area contributed by atoms with E-state index in [9.17, 15) is 0 Å². The Morgan fingerprint density at radius 3 is 2.30 bits per heavy atom. The smallest absolute Gasteiger partial charge is 0.0971 e. The number of nitrogens with zero attached hydrogens (tertiary/aromatic N) is 2. The molecule has 0 atom stereocenters. The summed E-state index contributed by atoms with van der Waals surface area (Å²) in [6.45, 7) is 0.870. The van der Waals surface area contributed by atoms with Gasteiger partial charge in [-0.15, -0.1) is 0 Å². The lowest BCUT2D eigenvalue weighted by atomic mass is 10.0. The summed E-state index contributed by atoms with van der Waals surface area (Å²) in [5.41, 5.74) is 6.70. The molecule has 1 aliphatic carbocycles. The van der Waals surface area contributed by atoms with Crippen molar-refractivity contribution in [3.63, 3.8) is 0 Å². The van der Waals surface area contributed by atoms with Gasteiger partial charge in [0.2, 0.25) is 0 Å². The summed E-state index contributed by atoms with van der Waals surface area (Å²) >= 11 is 0. The molecule has 0 spiro atoms. The molecule has 0 fully saturated rings. The molecular weight excluding hydrogens is 246 g/mol. The van der Waals surface area contributed by atoms with Gasteiger partial charge in [-0.3, -0.25) is 9.97 Å². The summed E-state index contributed by atoms with van der Waals surface area (Å²) < 4.78 is 0. The zero-order valence-corrected chi connectivity index (χ0v) is 10.9. The van der Waals surface area contributed by atoms with E-state index < -0.39 is 0 Å². The molecule has 0 radical (unpaired) electrons. The van der Waals surface area contributed by atoms with Crippen molar-refractivity contribution < 1.29 is 0 Å². The first-order valence-electron chi connectivity index (χ1n) is 6.66. The fourth-order valence-electron chi connectivity index (χ4n) is 2.66. The maximum Gasteiger partial charge on any atom is 0.0971 e. The molecule has 0 aromatic carbocycles. The number of fused-ring (bicyclic) bond motifs is 3. The third kappa shape index (κ3) is 1.67. The summed E-state index contributed by atoms with van der Waals surface area (Å²) in [5.74, 6) is 0. The second kappa shape index (κ2) is 4.46. The molecule has 3 heteroatoms. The van der Waals surface area contributed by atoms with Crippen molar-refractivity contribution in [1.29, 1.82) is 0 Å². The predicted molar refractivity (Wildman–Crippen MR) is 79.8 cm³/mol. The minimum atomic E-state index is 0.870. The van der Waals surface area contributed by atoms with E-state index in [2.05, 4.69) is 45.6 Å². The van der Waals surface area contributed by atoms with E-state index in [1.807, 2.05) is 30.7 Å². The van der Waals surface area contributed by atoms with Crippen molar-refractivity contribution >= 4 is 5.57 Å². The molecule has 0 saturated heterocycles.